The largest absolute Gasteiger partial charge is 0.396 e. The highest BCUT2D eigenvalue weighted by Gasteiger charge is 2.10. The van der Waals surface area contributed by atoms with E-state index in [1.807, 2.05) is 18.2 Å². The summed E-state index contributed by atoms with van der Waals surface area (Å²) in [6.45, 7) is 4.77. The van der Waals surface area contributed by atoms with Crippen molar-refractivity contribution < 1.29 is 5.11 Å². The first-order valence-corrected chi connectivity index (χ1v) is 8.86. The molecular formula is C20H28N4O. The molecule has 5 heteroatoms. The topological polar surface area (TPSA) is 83.5 Å². The Bertz CT molecular complexity index is 663. The number of pyridine rings is 1. The number of nitrogens with zero attached hydrogens (tertiary/aromatic N) is 2. The molecule has 0 saturated heterocycles. The fraction of sp³-hybridized carbons (Fsp3) is 0.400. The first-order chi connectivity index (χ1) is 12.2. The van der Waals surface area contributed by atoms with E-state index in [1.165, 1.54) is 11.1 Å². The molecule has 0 spiro atoms. The van der Waals surface area contributed by atoms with Crippen molar-refractivity contribution in [1.29, 1.82) is 0 Å². The van der Waals surface area contributed by atoms with Crippen molar-refractivity contribution in [3.05, 3.63) is 59.4 Å². The Morgan fingerprint density at radius 1 is 1.16 bits per heavy atom. The Balaban J connectivity index is 2.03. The summed E-state index contributed by atoms with van der Waals surface area (Å²) in [4.78, 5) is 8.73. The highest BCUT2D eigenvalue weighted by molar-refractivity contribution is 5.93. The summed E-state index contributed by atoms with van der Waals surface area (Å²) in [6.07, 6.45) is 4.31. The Kier molecular flexibility index (Phi) is 7.41. The third-order valence-corrected chi connectivity index (χ3v) is 4.25. The molecule has 2 aromatic rings. The molecule has 1 aromatic heterocycles. The number of nitrogens with one attached hydrogen (secondary N) is 1. The Labute approximate surface area is 150 Å². The van der Waals surface area contributed by atoms with Gasteiger partial charge in [0.2, 0.25) is 0 Å². The zero-order valence-corrected chi connectivity index (χ0v) is 15.1. The Morgan fingerprint density at radius 3 is 2.44 bits per heavy atom. The summed E-state index contributed by atoms with van der Waals surface area (Å²) in [5.41, 5.74) is 10.6. The summed E-state index contributed by atoms with van der Waals surface area (Å²) in [7, 11) is 0. The lowest BCUT2D eigenvalue weighted by molar-refractivity contribution is 0.229. The van der Waals surface area contributed by atoms with Crippen LogP contribution in [0.1, 0.15) is 30.7 Å². The summed E-state index contributed by atoms with van der Waals surface area (Å²) in [5.74, 6) is 0.386. The van der Waals surface area contributed by atoms with E-state index in [0.29, 0.717) is 18.9 Å². The van der Waals surface area contributed by atoms with Crippen LogP contribution in [0.15, 0.2) is 47.6 Å². The number of hydrogen-bond donors (Lipinski definition) is 3. The quantitative estimate of drug-likeness (QED) is 0.510. The van der Waals surface area contributed by atoms with Crippen LogP contribution in [0.4, 0.5) is 5.69 Å². The van der Waals surface area contributed by atoms with E-state index in [0.717, 1.165) is 24.2 Å². The molecule has 1 unspecified atom stereocenters. The van der Waals surface area contributed by atoms with Crippen molar-refractivity contribution in [2.75, 3.05) is 18.5 Å². The van der Waals surface area contributed by atoms with Crippen LogP contribution >= 0.6 is 0 Å². The molecule has 1 aromatic carbocycles. The molecule has 0 fully saturated rings. The molecule has 134 valence electrons. The molecule has 0 amide bonds. The summed E-state index contributed by atoms with van der Waals surface area (Å²) in [5, 5.41) is 12.9. The molecule has 0 bridgehead atoms. The van der Waals surface area contributed by atoms with Gasteiger partial charge in [0.25, 0.3) is 0 Å². The van der Waals surface area contributed by atoms with Gasteiger partial charge in [-0.3, -0.25) is 9.98 Å². The number of rotatable bonds is 8. The summed E-state index contributed by atoms with van der Waals surface area (Å²) in [6, 6.07) is 12.1. The molecule has 0 saturated carbocycles. The second-order valence-corrected chi connectivity index (χ2v) is 6.08. The maximum absolute atomic E-state index is 9.60. The van der Waals surface area contributed by atoms with Crippen LogP contribution in [0.3, 0.4) is 0 Å². The van der Waals surface area contributed by atoms with Gasteiger partial charge in [-0.1, -0.05) is 38.1 Å². The van der Waals surface area contributed by atoms with Gasteiger partial charge in [-0.25, -0.2) is 0 Å². The molecule has 0 radical (unpaired) electrons. The molecule has 1 heterocycles. The molecule has 0 aliphatic heterocycles. The number of aromatic nitrogens is 1. The molecule has 0 aliphatic rings. The maximum atomic E-state index is 9.60. The lowest BCUT2D eigenvalue weighted by Crippen LogP contribution is -2.26. The van der Waals surface area contributed by atoms with Crippen molar-refractivity contribution in [3.63, 3.8) is 0 Å². The van der Waals surface area contributed by atoms with Gasteiger partial charge < -0.3 is 16.2 Å². The minimum absolute atomic E-state index is 0.00214. The monoisotopic (exact) mass is 340 g/mol. The highest BCUT2D eigenvalue weighted by atomic mass is 16.3. The van der Waals surface area contributed by atoms with Gasteiger partial charge in [0.05, 0.1) is 0 Å². The van der Waals surface area contributed by atoms with Crippen molar-refractivity contribution in [2.45, 2.75) is 33.1 Å². The molecule has 1 atom stereocenters. The Morgan fingerprint density at radius 2 is 1.88 bits per heavy atom. The predicted molar refractivity (Wildman–Crippen MR) is 104 cm³/mol. The summed E-state index contributed by atoms with van der Waals surface area (Å²) >= 11 is 0. The van der Waals surface area contributed by atoms with Crippen molar-refractivity contribution in [2.24, 2.45) is 16.6 Å². The van der Waals surface area contributed by atoms with Gasteiger partial charge in [-0.05, 0) is 42.5 Å². The minimum Gasteiger partial charge on any atom is -0.396 e. The number of aliphatic imine (C=N–C) groups is 1. The van der Waals surface area contributed by atoms with E-state index in [-0.39, 0.29) is 12.5 Å². The van der Waals surface area contributed by atoms with Crippen LogP contribution in [-0.2, 0) is 19.3 Å². The van der Waals surface area contributed by atoms with Crippen molar-refractivity contribution in [1.82, 2.24) is 4.98 Å². The fourth-order valence-corrected chi connectivity index (χ4v) is 2.80. The van der Waals surface area contributed by atoms with E-state index >= 15 is 0 Å². The number of aliphatic hydroxyl groups is 1. The molecule has 2 rings (SSSR count). The number of guanidine groups is 1. The maximum Gasteiger partial charge on any atom is 0.193 e. The van der Waals surface area contributed by atoms with Crippen LogP contribution in [0.2, 0.25) is 0 Å². The highest BCUT2D eigenvalue weighted by Crippen LogP contribution is 2.22. The molecule has 4 N–H and O–H groups in total. The van der Waals surface area contributed by atoms with Gasteiger partial charge in [-0.15, -0.1) is 0 Å². The Hall–Kier alpha value is -2.40. The zero-order chi connectivity index (χ0) is 18.1. The number of anilines is 1. The van der Waals surface area contributed by atoms with Gasteiger partial charge in [0.1, 0.15) is 0 Å². The van der Waals surface area contributed by atoms with E-state index < -0.39 is 0 Å². The number of aryl methyl sites for hydroxylation is 2. The van der Waals surface area contributed by atoms with Crippen molar-refractivity contribution >= 4 is 11.6 Å². The SMILES string of the molecule is CCc1cccc(CC)c1NC(N)=NCC(CO)Cc1ccccn1. The van der Waals surface area contributed by atoms with Gasteiger partial charge >= 0.3 is 0 Å². The van der Waals surface area contributed by atoms with E-state index in [4.69, 9.17) is 5.73 Å². The number of benzene rings is 1. The van der Waals surface area contributed by atoms with Crippen molar-refractivity contribution in [3.8, 4) is 0 Å². The smallest absolute Gasteiger partial charge is 0.193 e. The van der Waals surface area contributed by atoms with Crippen LogP contribution in [-0.4, -0.2) is 29.2 Å². The van der Waals surface area contributed by atoms with Gasteiger partial charge in [-0.2, -0.15) is 0 Å². The normalized spacial score (nSPS) is 12.8. The third-order valence-electron chi connectivity index (χ3n) is 4.25. The summed E-state index contributed by atoms with van der Waals surface area (Å²) < 4.78 is 0. The first kappa shape index (κ1) is 18.9. The zero-order valence-electron chi connectivity index (χ0n) is 15.1. The second-order valence-electron chi connectivity index (χ2n) is 6.08. The van der Waals surface area contributed by atoms with E-state index in [9.17, 15) is 5.11 Å². The lowest BCUT2D eigenvalue weighted by atomic mass is 10.0. The first-order valence-electron chi connectivity index (χ1n) is 8.86. The molecule has 5 nitrogen and oxygen atoms in total. The van der Waals surface area contributed by atoms with Gasteiger partial charge in [0, 0.05) is 36.6 Å². The standard InChI is InChI=1S/C20H28N4O/c1-3-16-8-7-9-17(4-2)19(16)24-20(21)23-13-15(14-25)12-18-10-5-6-11-22-18/h5-11,15,25H,3-4,12-14H2,1-2H3,(H3,21,23,24). The lowest BCUT2D eigenvalue weighted by Gasteiger charge is -2.16. The molecule has 0 aliphatic carbocycles. The van der Waals surface area contributed by atoms with E-state index in [2.05, 4.69) is 47.3 Å². The van der Waals surface area contributed by atoms with E-state index in [1.54, 1.807) is 6.20 Å². The van der Waals surface area contributed by atoms with Crippen LogP contribution in [0.25, 0.3) is 0 Å². The fourth-order valence-electron chi connectivity index (χ4n) is 2.80. The predicted octanol–water partition coefficient (Wildman–Crippen LogP) is 2.78. The number of aliphatic hydroxyl groups excluding tert-OH is 1. The minimum atomic E-state index is 0.00214. The molecule has 25 heavy (non-hydrogen) atoms. The van der Waals surface area contributed by atoms with Gasteiger partial charge in [0.15, 0.2) is 5.96 Å². The number of para-hydroxylation sites is 1. The number of hydrogen-bond acceptors (Lipinski definition) is 3. The third kappa shape index (κ3) is 5.57. The average molecular weight is 340 g/mol. The van der Waals surface area contributed by atoms with Crippen LogP contribution in [0.5, 0.6) is 0 Å². The molecular weight excluding hydrogens is 312 g/mol. The average Bonchev–Trinajstić information content (AvgIpc) is 2.66. The number of nitrogens with two attached hydrogens (primary N) is 1. The second kappa shape index (κ2) is 9.79. The van der Waals surface area contributed by atoms with Crippen LogP contribution in [0, 0.1) is 5.92 Å². The van der Waals surface area contributed by atoms with Crippen LogP contribution < -0.4 is 11.1 Å².